The molecule has 0 aliphatic heterocycles. The van der Waals surface area contributed by atoms with Crippen molar-refractivity contribution in [3.63, 3.8) is 0 Å². The largest absolute Gasteiger partial charge is 0.364 e. The third kappa shape index (κ3) is 14.9. The van der Waals surface area contributed by atoms with Crippen molar-refractivity contribution in [2.24, 2.45) is 0 Å². The van der Waals surface area contributed by atoms with Crippen molar-refractivity contribution >= 4 is 56.9 Å². The molecule has 0 unspecified atom stereocenters. The molecule has 0 heterocycles. The second kappa shape index (κ2) is 28.8. The number of rotatable bonds is 28. The topological polar surface area (TPSA) is 36.4 Å². The molecule has 0 fully saturated rings. The van der Waals surface area contributed by atoms with Crippen LogP contribution in [0.4, 0.5) is 45.5 Å². The van der Waals surface area contributed by atoms with Crippen LogP contribution < -0.4 is 24.2 Å². The van der Waals surface area contributed by atoms with Gasteiger partial charge in [-0.25, -0.2) is 30.9 Å². The minimum absolute atomic E-state index is 0.466. The molecule has 0 saturated carbocycles. The quantitative estimate of drug-likeness (QED) is 0.0323. The Hall–Kier alpha value is -7.14. The van der Waals surface area contributed by atoms with Crippen LogP contribution in [0, 0.1) is 26.3 Å². The van der Waals surface area contributed by atoms with Crippen molar-refractivity contribution < 1.29 is 4.58 Å². The molecule has 1 aliphatic rings. The predicted molar refractivity (Wildman–Crippen MR) is 289 cm³/mol. The highest BCUT2D eigenvalue weighted by Gasteiger charge is 2.24. The van der Waals surface area contributed by atoms with Gasteiger partial charge in [0.05, 0.1) is 19.6 Å². The first-order valence-corrected chi connectivity index (χ1v) is 24.9. The molecule has 4 aromatic carbocycles. The molecule has 10 heteroatoms. The second-order valence-corrected chi connectivity index (χ2v) is 17.1. The van der Waals surface area contributed by atoms with Crippen LogP contribution in [0.5, 0.6) is 0 Å². The van der Waals surface area contributed by atoms with Crippen molar-refractivity contribution in [3.8, 4) is 0 Å². The Labute approximate surface area is 408 Å². The average Bonchev–Trinajstić information content (AvgIpc) is 3.38. The summed E-state index contributed by atoms with van der Waals surface area (Å²) in [7, 11) is 0. The van der Waals surface area contributed by atoms with Gasteiger partial charge in [0.25, 0.3) is 6.54 Å². The lowest BCUT2D eigenvalue weighted by molar-refractivity contribution is -0.523. The van der Waals surface area contributed by atoms with E-state index in [2.05, 4.69) is 197 Å². The summed E-state index contributed by atoms with van der Waals surface area (Å²) in [5.41, 5.74) is 10.6. The summed E-state index contributed by atoms with van der Waals surface area (Å²) in [6.07, 6.45) is 17.4. The van der Waals surface area contributed by atoms with Crippen molar-refractivity contribution in [2.75, 3.05) is 98.1 Å². The summed E-state index contributed by atoms with van der Waals surface area (Å²) in [5.74, 6) is 0. The van der Waals surface area contributed by atoms with Gasteiger partial charge in [-0.05, 0) is 92.1 Å². The molecule has 0 amide bonds. The van der Waals surface area contributed by atoms with E-state index in [0.29, 0.717) is 52.4 Å². The molecule has 4 aromatic rings. The zero-order chi connectivity index (χ0) is 48.4. The van der Waals surface area contributed by atoms with E-state index >= 15 is 0 Å². The third-order valence-electron chi connectivity index (χ3n) is 12.3. The fraction of sp³-hybridized carbons (Fsp3) is 0.414. The maximum atomic E-state index is 7.44. The van der Waals surface area contributed by atoms with Gasteiger partial charge in [0.1, 0.15) is 6.54 Å². The molecule has 0 bridgehead atoms. The van der Waals surface area contributed by atoms with Gasteiger partial charge in [0.15, 0.2) is 0 Å². The molecule has 10 nitrogen and oxygen atoms in total. The summed E-state index contributed by atoms with van der Waals surface area (Å²) >= 11 is 0. The van der Waals surface area contributed by atoms with E-state index in [1.807, 2.05) is 0 Å². The van der Waals surface area contributed by atoms with E-state index in [4.69, 9.17) is 26.3 Å². The number of hydrogen-bond acceptors (Lipinski definition) is 4. The smallest absolute Gasteiger partial charge is 0.272 e. The highest BCUT2D eigenvalue weighted by Crippen LogP contribution is 2.38. The van der Waals surface area contributed by atoms with E-state index in [1.165, 1.54) is 0 Å². The van der Waals surface area contributed by atoms with Gasteiger partial charge in [-0.1, -0.05) is 53.4 Å². The zero-order valence-electron chi connectivity index (χ0n) is 41.2. The lowest BCUT2D eigenvalue weighted by Crippen LogP contribution is -2.27. The van der Waals surface area contributed by atoms with Gasteiger partial charge in [0, 0.05) is 109 Å². The standard InChI is InChI=1S/C58H72N10/c1-9-13-41-63(45-37-59-5)49-17-25-53(26-18-49)67(54-27-19-50(20-28-54)64(42-14-10-2)46-38-60-6)57-33-35-58(36-34-57)68(55-29-21-51(22-30-55)65(43-15-11-3)47-39-61-7)56-31-23-52(24-32-56)66(44-16-12-4)48-40-62-8/h17-36H,9-16,37-48H2,1-4H3/q+2. The monoisotopic (exact) mass is 909 g/mol. The molecule has 0 aromatic heterocycles. The van der Waals surface area contributed by atoms with Crippen LogP contribution in [0.3, 0.4) is 0 Å². The molecule has 5 rings (SSSR count). The van der Waals surface area contributed by atoms with Crippen LogP contribution in [0.1, 0.15) is 79.1 Å². The van der Waals surface area contributed by atoms with Gasteiger partial charge < -0.3 is 39.0 Å². The first kappa shape index (κ1) is 51.8. The molecule has 0 atom stereocenters. The fourth-order valence-corrected chi connectivity index (χ4v) is 8.45. The van der Waals surface area contributed by atoms with Crippen LogP contribution >= 0.6 is 0 Å². The molecule has 0 spiro atoms. The first-order valence-electron chi connectivity index (χ1n) is 24.9. The summed E-state index contributed by atoms with van der Waals surface area (Å²) in [6, 6.07) is 35.1. The highest BCUT2D eigenvalue weighted by atomic mass is 15.2. The maximum absolute atomic E-state index is 7.44. The summed E-state index contributed by atoms with van der Waals surface area (Å²) in [5, 5.41) is 0. The average molecular weight is 909 g/mol. The van der Waals surface area contributed by atoms with Crippen LogP contribution in [0.2, 0.25) is 0 Å². The number of benzene rings is 4. The van der Waals surface area contributed by atoms with Gasteiger partial charge in [0.2, 0.25) is 49.0 Å². The molecule has 68 heavy (non-hydrogen) atoms. The Balaban J connectivity index is 1.61. The predicted octanol–water partition coefficient (Wildman–Crippen LogP) is 13.3. The Kier molecular flexibility index (Phi) is 22.0. The number of anilines is 6. The number of nitrogens with zero attached hydrogens (tertiary/aromatic N) is 10. The lowest BCUT2D eigenvalue weighted by Gasteiger charge is -2.28. The van der Waals surface area contributed by atoms with Crippen LogP contribution in [-0.4, -0.2) is 94.5 Å². The van der Waals surface area contributed by atoms with E-state index in [0.717, 1.165) is 134 Å². The number of unbranched alkanes of at least 4 members (excludes halogenated alkanes) is 4. The molecule has 0 radical (unpaired) electrons. The van der Waals surface area contributed by atoms with Gasteiger partial charge >= 0.3 is 0 Å². The number of hydrogen-bond donors (Lipinski definition) is 0. The Morgan fingerprint density at radius 1 is 0.368 bits per heavy atom. The van der Waals surface area contributed by atoms with Crippen molar-refractivity contribution in [1.29, 1.82) is 0 Å². The van der Waals surface area contributed by atoms with Crippen LogP contribution in [0.15, 0.2) is 121 Å². The van der Waals surface area contributed by atoms with E-state index in [9.17, 15) is 0 Å². The number of allylic oxidation sites excluding steroid dienone is 4. The molecular formula is C58H72N10+2. The molecular weight excluding hydrogens is 837 g/mol. The van der Waals surface area contributed by atoms with Crippen molar-refractivity contribution in [1.82, 2.24) is 4.58 Å². The van der Waals surface area contributed by atoms with Gasteiger partial charge in [-0.3, -0.25) is 0 Å². The lowest BCUT2D eigenvalue weighted by atomic mass is 10.1. The fourth-order valence-electron chi connectivity index (χ4n) is 8.45. The minimum atomic E-state index is 0.466. The summed E-state index contributed by atoms with van der Waals surface area (Å²) < 4.78 is 4.63. The van der Waals surface area contributed by atoms with E-state index in [-0.39, 0.29) is 0 Å². The summed E-state index contributed by atoms with van der Waals surface area (Å²) in [6.45, 7) is 47.0. The van der Waals surface area contributed by atoms with Gasteiger partial charge in [-0.15, -0.1) is 0 Å². The Morgan fingerprint density at radius 3 is 1.04 bits per heavy atom. The van der Waals surface area contributed by atoms with Crippen molar-refractivity contribution in [3.05, 3.63) is 167 Å². The normalized spacial score (nSPS) is 11.6. The second-order valence-electron chi connectivity index (χ2n) is 17.1. The zero-order valence-corrected chi connectivity index (χ0v) is 41.2. The van der Waals surface area contributed by atoms with Crippen LogP contribution in [-0.2, 0) is 0 Å². The molecule has 0 saturated heterocycles. The Morgan fingerprint density at radius 2 is 0.691 bits per heavy atom. The van der Waals surface area contributed by atoms with Crippen molar-refractivity contribution in [2.45, 2.75) is 79.1 Å². The molecule has 352 valence electrons. The third-order valence-corrected chi connectivity index (χ3v) is 12.3. The highest BCUT2D eigenvalue weighted by molar-refractivity contribution is 6.18. The maximum Gasteiger partial charge on any atom is 0.272 e. The van der Waals surface area contributed by atoms with Gasteiger partial charge in [-0.2, -0.15) is 4.58 Å². The SMILES string of the molecule is [C-]#[N+]CCN(CCCC)c1ccc(N(c2ccc(N(CCCC)CC[N+]#[C-])cc2)c2ccc([N+](=C3C=CC(=[N+](CCCC)CC[N+]#[C-])C=C3)c3ccc(N(CCCC)CC[N+]#[C-])cc3)cc2)cc1. The molecule has 0 N–H and O–H groups in total. The van der Waals surface area contributed by atoms with E-state index < -0.39 is 0 Å². The summed E-state index contributed by atoms with van der Waals surface area (Å²) in [4.78, 5) is 23.9. The minimum Gasteiger partial charge on any atom is -0.364 e. The molecule has 1 aliphatic carbocycles. The first-order chi connectivity index (χ1) is 33.4. The van der Waals surface area contributed by atoms with E-state index in [1.54, 1.807) is 0 Å². The Bertz CT molecular complexity index is 2360. The van der Waals surface area contributed by atoms with Crippen LogP contribution in [0.25, 0.3) is 19.4 Å².